The second kappa shape index (κ2) is 5.31. The molecule has 0 aliphatic heterocycles. The van der Waals surface area contributed by atoms with E-state index in [1.807, 2.05) is 30.3 Å². The fourth-order valence-electron chi connectivity index (χ4n) is 5.17. The minimum atomic E-state index is -0.566. The average Bonchev–Trinajstić information content (AvgIpc) is 2.50. The molecule has 4 saturated carbocycles. The second-order valence-electron chi connectivity index (χ2n) is 7.24. The fourth-order valence-corrected chi connectivity index (χ4v) is 5.38. The van der Waals surface area contributed by atoms with E-state index in [1.165, 1.54) is 32.1 Å². The van der Waals surface area contributed by atoms with Crippen LogP contribution >= 0.6 is 11.6 Å². The van der Waals surface area contributed by atoms with Gasteiger partial charge in [-0.2, -0.15) is 0 Å². The van der Waals surface area contributed by atoms with Crippen molar-refractivity contribution in [2.24, 2.45) is 23.7 Å². The van der Waals surface area contributed by atoms with Crippen LogP contribution in [-0.4, -0.2) is 11.9 Å². The van der Waals surface area contributed by atoms with Gasteiger partial charge in [0, 0.05) is 6.04 Å². The number of alkyl halides is 1. The molecule has 1 amide bonds. The normalized spacial score (nSPS) is 38.2. The van der Waals surface area contributed by atoms with Gasteiger partial charge in [-0.3, -0.25) is 4.79 Å². The SMILES string of the molecule is O=C(NC1C2CC3CC(C2)CC1C3)C(Cl)c1ccccc1. The van der Waals surface area contributed by atoms with Crippen LogP contribution in [-0.2, 0) is 4.79 Å². The van der Waals surface area contributed by atoms with Crippen molar-refractivity contribution in [1.82, 2.24) is 5.32 Å². The van der Waals surface area contributed by atoms with Crippen LogP contribution in [0.25, 0.3) is 0 Å². The van der Waals surface area contributed by atoms with Gasteiger partial charge in [0.05, 0.1) is 0 Å². The molecule has 4 aliphatic carbocycles. The Hall–Kier alpha value is -1.02. The molecule has 0 saturated heterocycles. The Morgan fingerprint density at radius 3 is 2.14 bits per heavy atom. The summed E-state index contributed by atoms with van der Waals surface area (Å²) in [7, 11) is 0. The molecule has 0 radical (unpaired) electrons. The molecule has 4 fully saturated rings. The van der Waals surface area contributed by atoms with Crippen molar-refractivity contribution >= 4 is 17.5 Å². The summed E-state index contributed by atoms with van der Waals surface area (Å²) < 4.78 is 0. The van der Waals surface area contributed by atoms with Crippen molar-refractivity contribution in [3.63, 3.8) is 0 Å². The Labute approximate surface area is 131 Å². The Balaban J connectivity index is 1.45. The smallest absolute Gasteiger partial charge is 0.242 e. The molecule has 3 heteroatoms. The maximum absolute atomic E-state index is 12.5. The van der Waals surface area contributed by atoms with Crippen molar-refractivity contribution in [2.75, 3.05) is 0 Å². The van der Waals surface area contributed by atoms with Crippen molar-refractivity contribution in [2.45, 2.75) is 43.5 Å². The number of nitrogens with one attached hydrogen (secondary N) is 1. The van der Waals surface area contributed by atoms with Crippen LogP contribution in [0.5, 0.6) is 0 Å². The predicted octanol–water partition coefficient (Wildman–Crippen LogP) is 3.91. The van der Waals surface area contributed by atoms with Crippen LogP contribution < -0.4 is 5.32 Å². The molecule has 0 heterocycles. The van der Waals surface area contributed by atoms with E-state index < -0.39 is 5.38 Å². The third-order valence-electron chi connectivity index (χ3n) is 5.86. The maximum Gasteiger partial charge on any atom is 0.242 e. The van der Waals surface area contributed by atoms with Gasteiger partial charge >= 0.3 is 0 Å². The third-order valence-corrected chi connectivity index (χ3v) is 6.31. The number of benzene rings is 1. The standard InChI is InChI=1S/C18H22ClNO/c19-16(13-4-2-1-3-5-13)18(21)20-17-14-7-11-6-12(9-14)10-15(17)8-11/h1-5,11-12,14-17H,6-10H2,(H,20,21). The molecule has 4 bridgehead atoms. The van der Waals surface area contributed by atoms with Gasteiger partial charge in [0.15, 0.2) is 0 Å². The molecule has 1 N–H and O–H groups in total. The van der Waals surface area contributed by atoms with E-state index in [-0.39, 0.29) is 5.91 Å². The van der Waals surface area contributed by atoms with Crippen LogP contribution in [0, 0.1) is 23.7 Å². The van der Waals surface area contributed by atoms with E-state index in [0.29, 0.717) is 17.9 Å². The molecule has 112 valence electrons. The van der Waals surface area contributed by atoms with Crippen molar-refractivity contribution in [3.05, 3.63) is 35.9 Å². The lowest BCUT2D eigenvalue weighted by atomic mass is 9.54. The molecular weight excluding hydrogens is 282 g/mol. The van der Waals surface area contributed by atoms with E-state index in [4.69, 9.17) is 11.6 Å². The Morgan fingerprint density at radius 1 is 1.00 bits per heavy atom. The summed E-state index contributed by atoms with van der Waals surface area (Å²) in [4.78, 5) is 12.5. The largest absolute Gasteiger partial charge is 0.351 e. The fraction of sp³-hybridized carbons (Fsp3) is 0.611. The Morgan fingerprint density at radius 2 is 1.57 bits per heavy atom. The van der Waals surface area contributed by atoms with Crippen molar-refractivity contribution in [3.8, 4) is 0 Å². The number of hydrogen-bond acceptors (Lipinski definition) is 1. The molecule has 21 heavy (non-hydrogen) atoms. The minimum Gasteiger partial charge on any atom is -0.351 e. The van der Waals surface area contributed by atoms with Gasteiger partial charge in [0.25, 0.3) is 0 Å². The van der Waals surface area contributed by atoms with Crippen LogP contribution in [0.4, 0.5) is 0 Å². The van der Waals surface area contributed by atoms with E-state index >= 15 is 0 Å². The zero-order valence-corrected chi connectivity index (χ0v) is 12.9. The second-order valence-corrected chi connectivity index (χ2v) is 7.67. The first-order valence-electron chi connectivity index (χ1n) is 8.20. The van der Waals surface area contributed by atoms with Crippen LogP contribution in [0.15, 0.2) is 30.3 Å². The Kier molecular flexibility index (Phi) is 3.45. The number of rotatable bonds is 3. The van der Waals surface area contributed by atoms with Gasteiger partial charge in [-0.25, -0.2) is 0 Å². The van der Waals surface area contributed by atoms with Gasteiger partial charge in [-0.1, -0.05) is 30.3 Å². The highest BCUT2D eigenvalue weighted by atomic mass is 35.5. The summed E-state index contributed by atoms with van der Waals surface area (Å²) in [5, 5.41) is 2.72. The molecule has 0 aromatic heterocycles. The van der Waals surface area contributed by atoms with Crippen molar-refractivity contribution in [1.29, 1.82) is 0 Å². The monoisotopic (exact) mass is 303 g/mol. The van der Waals surface area contributed by atoms with Gasteiger partial charge in [0.2, 0.25) is 5.91 Å². The van der Waals surface area contributed by atoms with E-state index in [1.54, 1.807) is 0 Å². The van der Waals surface area contributed by atoms with Crippen molar-refractivity contribution < 1.29 is 4.79 Å². The van der Waals surface area contributed by atoms with Crippen LogP contribution in [0.2, 0.25) is 0 Å². The summed E-state index contributed by atoms with van der Waals surface area (Å²) in [6.07, 6.45) is 6.70. The van der Waals surface area contributed by atoms with E-state index in [2.05, 4.69) is 5.32 Å². The highest BCUT2D eigenvalue weighted by molar-refractivity contribution is 6.30. The van der Waals surface area contributed by atoms with E-state index in [0.717, 1.165) is 17.4 Å². The summed E-state index contributed by atoms with van der Waals surface area (Å²) >= 11 is 6.36. The quantitative estimate of drug-likeness (QED) is 0.843. The molecule has 1 aromatic rings. The zero-order chi connectivity index (χ0) is 14.4. The lowest BCUT2D eigenvalue weighted by Crippen LogP contribution is -2.56. The van der Waals surface area contributed by atoms with Gasteiger partial charge in [-0.05, 0) is 61.3 Å². The molecule has 2 nitrogen and oxygen atoms in total. The lowest BCUT2D eigenvalue weighted by Gasteiger charge is -2.54. The zero-order valence-electron chi connectivity index (χ0n) is 12.2. The number of halogens is 1. The van der Waals surface area contributed by atoms with Crippen LogP contribution in [0.3, 0.4) is 0 Å². The topological polar surface area (TPSA) is 29.1 Å². The average molecular weight is 304 g/mol. The number of carbonyl (C=O) groups excluding carboxylic acids is 1. The highest BCUT2D eigenvalue weighted by Crippen LogP contribution is 2.53. The summed E-state index contributed by atoms with van der Waals surface area (Å²) in [6.45, 7) is 0. The molecule has 5 rings (SSSR count). The first-order valence-corrected chi connectivity index (χ1v) is 8.63. The molecule has 0 spiro atoms. The van der Waals surface area contributed by atoms with Gasteiger partial charge in [0.1, 0.15) is 5.38 Å². The summed E-state index contributed by atoms with van der Waals surface area (Å²) in [5.41, 5.74) is 0.889. The molecule has 1 atom stereocenters. The summed E-state index contributed by atoms with van der Waals surface area (Å²) in [5.74, 6) is 3.25. The highest BCUT2D eigenvalue weighted by Gasteiger charge is 2.48. The number of carbonyl (C=O) groups is 1. The van der Waals surface area contributed by atoms with Gasteiger partial charge < -0.3 is 5.32 Å². The molecular formula is C18H22ClNO. The molecule has 1 unspecified atom stereocenters. The number of amides is 1. The molecule has 1 aromatic carbocycles. The van der Waals surface area contributed by atoms with Gasteiger partial charge in [-0.15, -0.1) is 11.6 Å². The predicted molar refractivity (Wildman–Crippen MR) is 84.0 cm³/mol. The first kappa shape index (κ1) is 13.6. The minimum absolute atomic E-state index is 0.0136. The van der Waals surface area contributed by atoms with Crippen LogP contribution in [0.1, 0.15) is 43.0 Å². The number of hydrogen-bond donors (Lipinski definition) is 1. The Bertz CT molecular complexity index is 501. The lowest BCUT2D eigenvalue weighted by molar-refractivity contribution is -0.124. The van der Waals surface area contributed by atoms with E-state index in [9.17, 15) is 4.79 Å². The molecule has 4 aliphatic rings. The summed E-state index contributed by atoms with van der Waals surface area (Å²) in [6, 6.07) is 10.0. The maximum atomic E-state index is 12.5. The first-order chi connectivity index (χ1) is 10.2. The third kappa shape index (κ3) is 2.48.